The Morgan fingerprint density at radius 2 is 0.683 bits per heavy atom. The van der Waals surface area contributed by atoms with Crippen LogP contribution in [0.25, 0.3) is 0 Å². The molecule has 0 heterocycles. The highest BCUT2D eigenvalue weighted by Gasteiger charge is 2.20. The van der Waals surface area contributed by atoms with Gasteiger partial charge >= 0.3 is 5.97 Å². The molecule has 1 amide bonds. The molecule has 2 atom stereocenters. The molecule has 0 aliphatic heterocycles. The number of carbonyl (C=O) groups is 2. The maximum Gasteiger partial charge on any atom is 0.305 e. The summed E-state index contributed by atoms with van der Waals surface area (Å²) in [5, 5.41) is 23.1. The lowest BCUT2D eigenvalue weighted by Crippen LogP contribution is -2.45. The number of amides is 1. The molecule has 0 aromatic heterocycles. The molecule has 3 N–H and O–H groups in total. The van der Waals surface area contributed by atoms with Crippen molar-refractivity contribution in [1.29, 1.82) is 0 Å². The largest absolute Gasteiger partial charge is 0.466 e. The van der Waals surface area contributed by atoms with Crippen LogP contribution in [-0.4, -0.2) is 47.4 Å². The normalized spacial score (nSPS) is 12.5. The third-order valence-electron chi connectivity index (χ3n) is 12.9. The number of hydrogen-bond donors (Lipinski definition) is 3. The summed E-state index contributed by atoms with van der Waals surface area (Å²) in [7, 11) is 0. The lowest BCUT2D eigenvalue weighted by atomic mass is 10.0. The molecular formula is C54H107NO5. The van der Waals surface area contributed by atoms with Gasteiger partial charge in [0.1, 0.15) is 0 Å². The number of unbranched alkanes of at least 4 members (excludes halogenated alkanes) is 40. The van der Waals surface area contributed by atoms with Crippen molar-refractivity contribution >= 4 is 11.9 Å². The van der Waals surface area contributed by atoms with Crippen LogP contribution in [0.2, 0.25) is 0 Å². The van der Waals surface area contributed by atoms with Gasteiger partial charge in [-0.2, -0.15) is 0 Å². The Kier molecular flexibility index (Phi) is 49.5. The van der Waals surface area contributed by atoms with Crippen LogP contribution in [0.3, 0.4) is 0 Å². The van der Waals surface area contributed by atoms with Gasteiger partial charge in [0.2, 0.25) is 5.91 Å². The van der Waals surface area contributed by atoms with Crippen LogP contribution in [0.1, 0.15) is 309 Å². The molecule has 0 aromatic rings. The summed E-state index contributed by atoms with van der Waals surface area (Å²) in [5.41, 5.74) is 0. The Hall–Kier alpha value is -1.14. The minimum Gasteiger partial charge on any atom is -0.466 e. The number of nitrogens with one attached hydrogen (secondary N) is 1. The van der Waals surface area contributed by atoms with Gasteiger partial charge in [0.25, 0.3) is 0 Å². The van der Waals surface area contributed by atoms with Crippen LogP contribution in [0.15, 0.2) is 0 Å². The molecule has 60 heavy (non-hydrogen) atoms. The van der Waals surface area contributed by atoms with Gasteiger partial charge in [0, 0.05) is 12.8 Å². The fraction of sp³-hybridized carbons (Fsp3) is 0.963. The van der Waals surface area contributed by atoms with Crippen molar-refractivity contribution in [2.75, 3.05) is 13.2 Å². The number of rotatable bonds is 51. The molecule has 0 spiro atoms. The van der Waals surface area contributed by atoms with Gasteiger partial charge in [-0.1, -0.05) is 271 Å². The Morgan fingerprint density at radius 1 is 0.400 bits per heavy atom. The smallest absolute Gasteiger partial charge is 0.305 e. The predicted octanol–water partition coefficient (Wildman–Crippen LogP) is 16.4. The maximum atomic E-state index is 12.4. The van der Waals surface area contributed by atoms with Crippen molar-refractivity contribution in [1.82, 2.24) is 5.32 Å². The molecule has 0 saturated carbocycles. The summed E-state index contributed by atoms with van der Waals surface area (Å²) in [6, 6.07) is -0.539. The van der Waals surface area contributed by atoms with Crippen LogP contribution in [0.5, 0.6) is 0 Å². The van der Waals surface area contributed by atoms with E-state index in [1.165, 1.54) is 238 Å². The molecule has 0 bridgehead atoms. The van der Waals surface area contributed by atoms with E-state index >= 15 is 0 Å². The minimum absolute atomic E-state index is 0.0125. The van der Waals surface area contributed by atoms with Crippen LogP contribution >= 0.6 is 0 Å². The molecule has 0 rings (SSSR count). The van der Waals surface area contributed by atoms with E-state index in [1.54, 1.807) is 0 Å². The first-order chi connectivity index (χ1) is 29.5. The Balaban J connectivity index is 3.35. The highest BCUT2D eigenvalue weighted by molar-refractivity contribution is 5.76. The second-order valence-electron chi connectivity index (χ2n) is 18.9. The summed E-state index contributed by atoms with van der Waals surface area (Å²) in [6.45, 7) is 4.95. The summed E-state index contributed by atoms with van der Waals surface area (Å²) in [5.74, 6) is -0.0246. The van der Waals surface area contributed by atoms with E-state index in [-0.39, 0.29) is 18.5 Å². The number of carbonyl (C=O) groups excluding carboxylic acids is 2. The third-order valence-corrected chi connectivity index (χ3v) is 12.9. The molecular weight excluding hydrogens is 743 g/mol. The molecule has 0 fully saturated rings. The summed E-state index contributed by atoms with van der Waals surface area (Å²) >= 11 is 0. The van der Waals surface area contributed by atoms with E-state index in [0.29, 0.717) is 25.9 Å². The van der Waals surface area contributed by atoms with E-state index in [9.17, 15) is 19.8 Å². The second-order valence-corrected chi connectivity index (χ2v) is 18.9. The SMILES string of the molecule is CCCCCCCCCCCCCCCC(=O)OCCCCCCCCCCCCCCCCCCCCCCC(=O)NC(CO)C(O)CCCCCCCCCCCC. The average molecular weight is 850 g/mol. The predicted molar refractivity (Wildman–Crippen MR) is 260 cm³/mol. The van der Waals surface area contributed by atoms with Crippen LogP contribution in [0, 0.1) is 0 Å². The van der Waals surface area contributed by atoms with Gasteiger partial charge in [-0.05, 0) is 25.7 Å². The first-order valence-corrected chi connectivity index (χ1v) is 27.3. The zero-order valence-corrected chi connectivity index (χ0v) is 40.7. The quantitative estimate of drug-likeness (QED) is 0.0418. The Labute approximate surface area is 375 Å². The van der Waals surface area contributed by atoms with Gasteiger partial charge in [-0.3, -0.25) is 9.59 Å². The van der Waals surface area contributed by atoms with Crippen molar-refractivity contribution < 1.29 is 24.5 Å². The molecule has 0 aliphatic rings. The van der Waals surface area contributed by atoms with E-state index in [4.69, 9.17) is 4.74 Å². The van der Waals surface area contributed by atoms with Gasteiger partial charge in [0.05, 0.1) is 25.4 Å². The number of esters is 1. The number of aliphatic hydroxyl groups is 2. The molecule has 0 aliphatic carbocycles. The fourth-order valence-corrected chi connectivity index (χ4v) is 8.70. The Morgan fingerprint density at radius 3 is 1.02 bits per heavy atom. The van der Waals surface area contributed by atoms with Crippen molar-refractivity contribution in [2.24, 2.45) is 0 Å². The topological polar surface area (TPSA) is 95.9 Å². The van der Waals surface area contributed by atoms with Gasteiger partial charge in [-0.15, -0.1) is 0 Å². The molecule has 0 saturated heterocycles. The zero-order chi connectivity index (χ0) is 43.7. The van der Waals surface area contributed by atoms with Crippen LogP contribution in [-0.2, 0) is 14.3 Å². The van der Waals surface area contributed by atoms with Crippen LogP contribution < -0.4 is 5.32 Å². The monoisotopic (exact) mass is 850 g/mol. The van der Waals surface area contributed by atoms with E-state index in [1.807, 2.05) is 0 Å². The van der Waals surface area contributed by atoms with Crippen molar-refractivity contribution in [3.8, 4) is 0 Å². The highest BCUT2D eigenvalue weighted by Crippen LogP contribution is 2.17. The fourth-order valence-electron chi connectivity index (χ4n) is 8.70. The summed E-state index contributed by atoms with van der Waals surface area (Å²) < 4.78 is 5.47. The first kappa shape index (κ1) is 58.9. The lowest BCUT2D eigenvalue weighted by molar-refractivity contribution is -0.143. The number of ether oxygens (including phenoxy) is 1. The number of hydrogen-bond acceptors (Lipinski definition) is 5. The maximum absolute atomic E-state index is 12.4. The standard InChI is InChI=1S/C54H107NO5/c1-3-5-7-9-11-13-15-24-28-32-36-40-44-48-54(59)60-49-45-41-37-33-29-26-23-21-19-17-16-18-20-22-25-27-31-35-39-43-47-53(58)55-51(50-56)52(57)46-42-38-34-30-14-12-10-8-6-4-2/h51-52,56-57H,3-50H2,1-2H3,(H,55,58). The average Bonchev–Trinajstić information content (AvgIpc) is 3.25. The lowest BCUT2D eigenvalue weighted by Gasteiger charge is -2.22. The summed E-state index contributed by atoms with van der Waals surface area (Å²) in [4.78, 5) is 24.4. The summed E-state index contributed by atoms with van der Waals surface area (Å²) in [6.07, 6.45) is 56.6. The van der Waals surface area contributed by atoms with Crippen molar-refractivity contribution in [2.45, 2.75) is 321 Å². The van der Waals surface area contributed by atoms with Crippen LogP contribution in [0.4, 0.5) is 0 Å². The first-order valence-electron chi connectivity index (χ1n) is 27.3. The molecule has 0 radical (unpaired) electrons. The van der Waals surface area contributed by atoms with E-state index < -0.39 is 12.1 Å². The number of aliphatic hydroxyl groups excluding tert-OH is 2. The molecule has 2 unspecified atom stereocenters. The Bertz CT molecular complexity index is 852. The van der Waals surface area contributed by atoms with E-state index in [0.717, 1.165) is 38.5 Å². The zero-order valence-electron chi connectivity index (χ0n) is 40.7. The van der Waals surface area contributed by atoms with Gasteiger partial charge < -0.3 is 20.3 Å². The minimum atomic E-state index is -0.662. The van der Waals surface area contributed by atoms with Crippen molar-refractivity contribution in [3.05, 3.63) is 0 Å². The molecule has 6 nitrogen and oxygen atoms in total. The molecule has 6 heteroatoms. The van der Waals surface area contributed by atoms with Crippen molar-refractivity contribution in [3.63, 3.8) is 0 Å². The highest BCUT2D eigenvalue weighted by atomic mass is 16.5. The third kappa shape index (κ3) is 46.4. The molecule has 0 aromatic carbocycles. The van der Waals surface area contributed by atoms with Gasteiger partial charge in [-0.25, -0.2) is 0 Å². The van der Waals surface area contributed by atoms with E-state index in [2.05, 4.69) is 19.2 Å². The second kappa shape index (κ2) is 50.5. The molecule has 358 valence electrons. The van der Waals surface area contributed by atoms with Gasteiger partial charge in [0.15, 0.2) is 0 Å².